The van der Waals surface area contributed by atoms with E-state index in [4.69, 9.17) is 15.2 Å². The van der Waals surface area contributed by atoms with E-state index in [0.29, 0.717) is 18.7 Å². The van der Waals surface area contributed by atoms with Gasteiger partial charge >= 0.3 is 0 Å². The Hall–Kier alpha value is -2.11. The highest BCUT2D eigenvalue weighted by atomic mass is 16.5. The van der Waals surface area contributed by atoms with E-state index in [1.165, 1.54) is 0 Å². The van der Waals surface area contributed by atoms with Crippen LogP contribution in [0.3, 0.4) is 0 Å². The molecule has 0 saturated heterocycles. The summed E-state index contributed by atoms with van der Waals surface area (Å²) in [5.41, 5.74) is 7.80. The standard InChI is InChI=1S/C16H20N2O3/c1-20-10-9-18-14(8-7-12(11-17)16(18)19)13-5-3-4-6-15(13)21-2/h3-8H,9-11,17H2,1-2H3. The van der Waals surface area contributed by atoms with Crippen LogP contribution in [0.2, 0.25) is 0 Å². The van der Waals surface area contributed by atoms with E-state index < -0.39 is 0 Å². The zero-order valence-corrected chi connectivity index (χ0v) is 12.3. The molecule has 0 radical (unpaired) electrons. The van der Waals surface area contributed by atoms with Crippen molar-refractivity contribution >= 4 is 0 Å². The first-order valence-corrected chi connectivity index (χ1v) is 6.78. The van der Waals surface area contributed by atoms with Crippen molar-refractivity contribution in [3.63, 3.8) is 0 Å². The van der Waals surface area contributed by atoms with Crippen molar-refractivity contribution in [3.8, 4) is 17.0 Å². The van der Waals surface area contributed by atoms with E-state index in [1.807, 2.05) is 30.3 Å². The molecule has 112 valence electrons. The van der Waals surface area contributed by atoms with Gasteiger partial charge in [-0.1, -0.05) is 18.2 Å². The second kappa shape index (κ2) is 7.06. The zero-order chi connectivity index (χ0) is 15.2. The van der Waals surface area contributed by atoms with E-state index in [2.05, 4.69) is 0 Å². The van der Waals surface area contributed by atoms with Crippen molar-refractivity contribution in [2.24, 2.45) is 5.73 Å². The zero-order valence-electron chi connectivity index (χ0n) is 12.3. The van der Waals surface area contributed by atoms with E-state index in [9.17, 15) is 4.79 Å². The number of benzene rings is 1. The molecule has 21 heavy (non-hydrogen) atoms. The first-order valence-electron chi connectivity index (χ1n) is 6.78. The Bertz CT molecular complexity index is 665. The second-order valence-electron chi connectivity index (χ2n) is 4.60. The molecule has 0 unspecified atom stereocenters. The molecule has 2 aromatic rings. The Kier molecular flexibility index (Phi) is 5.14. The predicted octanol–water partition coefficient (Wildman–Crippen LogP) is 1.63. The van der Waals surface area contributed by atoms with Gasteiger partial charge in [0, 0.05) is 31.3 Å². The molecule has 0 aliphatic heterocycles. The lowest BCUT2D eigenvalue weighted by molar-refractivity contribution is 0.186. The summed E-state index contributed by atoms with van der Waals surface area (Å²) < 4.78 is 12.2. The molecule has 0 bridgehead atoms. The van der Waals surface area contributed by atoms with Crippen LogP contribution in [-0.4, -0.2) is 25.4 Å². The lowest BCUT2D eigenvalue weighted by Gasteiger charge is -2.16. The van der Waals surface area contributed by atoms with Crippen molar-refractivity contribution in [3.05, 3.63) is 52.3 Å². The van der Waals surface area contributed by atoms with Gasteiger partial charge in [-0.15, -0.1) is 0 Å². The number of aromatic nitrogens is 1. The number of pyridine rings is 1. The number of rotatable bonds is 6. The first-order chi connectivity index (χ1) is 10.2. The highest BCUT2D eigenvalue weighted by molar-refractivity contribution is 5.67. The Morgan fingerprint density at radius 1 is 1.14 bits per heavy atom. The Morgan fingerprint density at radius 3 is 2.57 bits per heavy atom. The largest absolute Gasteiger partial charge is 0.496 e. The summed E-state index contributed by atoms with van der Waals surface area (Å²) in [4.78, 5) is 12.5. The molecule has 0 fully saturated rings. The fourth-order valence-corrected chi connectivity index (χ4v) is 2.27. The fourth-order valence-electron chi connectivity index (χ4n) is 2.27. The number of hydrogen-bond acceptors (Lipinski definition) is 4. The highest BCUT2D eigenvalue weighted by Crippen LogP contribution is 2.28. The van der Waals surface area contributed by atoms with E-state index in [-0.39, 0.29) is 12.1 Å². The minimum atomic E-state index is -0.0852. The smallest absolute Gasteiger partial charge is 0.255 e. The molecule has 0 aliphatic rings. The van der Waals surface area contributed by atoms with Crippen molar-refractivity contribution in [2.45, 2.75) is 13.1 Å². The maximum atomic E-state index is 12.5. The molecule has 0 atom stereocenters. The van der Waals surface area contributed by atoms with Gasteiger partial charge in [0.2, 0.25) is 0 Å². The minimum absolute atomic E-state index is 0.0852. The SMILES string of the molecule is COCCn1c(-c2ccccc2OC)ccc(CN)c1=O. The summed E-state index contributed by atoms with van der Waals surface area (Å²) in [5.74, 6) is 0.726. The predicted molar refractivity (Wildman–Crippen MR) is 82.5 cm³/mol. The van der Waals surface area contributed by atoms with Crippen LogP contribution >= 0.6 is 0 Å². The third-order valence-electron chi connectivity index (χ3n) is 3.37. The second-order valence-corrected chi connectivity index (χ2v) is 4.60. The monoisotopic (exact) mass is 288 g/mol. The normalized spacial score (nSPS) is 10.6. The molecule has 1 aromatic carbocycles. The maximum absolute atomic E-state index is 12.5. The Labute approximate surface area is 123 Å². The summed E-state index contributed by atoms with van der Waals surface area (Å²) in [7, 11) is 3.23. The molecule has 5 heteroatoms. The molecule has 2 N–H and O–H groups in total. The van der Waals surface area contributed by atoms with Crippen molar-refractivity contribution < 1.29 is 9.47 Å². The molecule has 2 rings (SSSR count). The first kappa shape index (κ1) is 15.3. The van der Waals surface area contributed by atoms with Crippen molar-refractivity contribution in [1.29, 1.82) is 0 Å². The molecule has 0 aliphatic carbocycles. The quantitative estimate of drug-likeness (QED) is 0.877. The van der Waals surface area contributed by atoms with Crippen LogP contribution in [0.5, 0.6) is 5.75 Å². The van der Waals surface area contributed by atoms with Crippen molar-refractivity contribution in [2.75, 3.05) is 20.8 Å². The van der Waals surface area contributed by atoms with E-state index in [0.717, 1.165) is 17.0 Å². The van der Waals surface area contributed by atoms with Gasteiger partial charge < -0.3 is 19.8 Å². The van der Waals surface area contributed by atoms with Crippen LogP contribution in [0.25, 0.3) is 11.3 Å². The summed E-state index contributed by atoms with van der Waals surface area (Å²) in [5, 5.41) is 0. The number of ether oxygens (including phenoxy) is 2. The van der Waals surface area contributed by atoms with E-state index in [1.54, 1.807) is 24.9 Å². The number of nitrogens with zero attached hydrogens (tertiary/aromatic N) is 1. The average molecular weight is 288 g/mol. The molecular weight excluding hydrogens is 268 g/mol. The van der Waals surface area contributed by atoms with Crippen LogP contribution in [0, 0.1) is 0 Å². The van der Waals surface area contributed by atoms with Gasteiger partial charge in [0.1, 0.15) is 5.75 Å². The Balaban J connectivity index is 2.62. The van der Waals surface area contributed by atoms with Gasteiger partial charge in [0.05, 0.1) is 19.4 Å². The van der Waals surface area contributed by atoms with Crippen LogP contribution in [0.4, 0.5) is 0 Å². The third kappa shape index (κ3) is 3.15. The maximum Gasteiger partial charge on any atom is 0.255 e. The van der Waals surface area contributed by atoms with Crippen LogP contribution in [0.1, 0.15) is 5.56 Å². The van der Waals surface area contributed by atoms with Gasteiger partial charge in [-0.05, 0) is 18.2 Å². The van der Waals surface area contributed by atoms with E-state index >= 15 is 0 Å². The molecule has 1 heterocycles. The average Bonchev–Trinajstić information content (AvgIpc) is 2.53. The van der Waals surface area contributed by atoms with Crippen LogP contribution in [-0.2, 0) is 17.8 Å². The van der Waals surface area contributed by atoms with Crippen LogP contribution < -0.4 is 16.0 Å². The molecule has 1 aromatic heterocycles. The molecule has 5 nitrogen and oxygen atoms in total. The summed E-state index contributed by atoms with van der Waals surface area (Å²) in [6.45, 7) is 1.14. The van der Waals surface area contributed by atoms with Gasteiger partial charge in [0.25, 0.3) is 5.56 Å². The minimum Gasteiger partial charge on any atom is -0.496 e. The van der Waals surface area contributed by atoms with Gasteiger partial charge in [-0.25, -0.2) is 0 Å². The molecule has 0 spiro atoms. The summed E-state index contributed by atoms with van der Waals surface area (Å²) >= 11 is 0. The van der Waals surface area contributed by atoms with Crippen LogP contribution in [0.15, 0.2) is 41.2 Å². The topological polar surface area (TPSA) is 66.5 Å². The fraction of sp³-hybridized carbons (Fsp3) is 0.312. The van der Waals surface area contributed by atoms with Gasteiger partial charge in [-0.2, -0.15) is 0 Å². The highest BCUT2D eigenvalue weighted by Gasteiger charge is 2.13. The van der Waals surface area contributed by atoms with Gasteiger partial charge in [0.15, 0.2) is 0 Å². The summed E-state index contributed by atoms with van der Waals surface area (Å²) in [6.07, 6.45) is 0. The van der Waals surface area contributed by atoms with Crippen molar-refractivity contribution in [1.82, 2.24) is 4.57 Å². The number of nitrogens with two attached hydrogens (primary N) is 1. The molecule has 0 saturated carbocycles. The third-order valence-corrected chi connectivity index (χ3v) is 3.37. The molecule has 0 amide bonds. The summed E-state index contributed by atoms with van der Waals surface area (Å²) in [6, 6.07) is 11.3. The number of para-hydroxylation sites is 1. The Morgan fingerprint density at radius 2 is 1.90 bits per heavy atom. The lowest BCUT2D eigenvalue weighted by Crippen LogP contribution is -2.28. The lowest BCUT2D eigenvalue weighted by atomic mass is 10.1. The number of hydrogen-bond donors (Lipinski definition) is 1. The number of methoxy groups -OCH3 is 2. The van der Waals surface area contributed by atoms with Gasteiger partial charge in [-0.3, -0.25) is 4.79 Å². The molecular formula is C16H20N2O3.